The monoisotopic (exact) mass is 310 g/mol. The maximum absolute atomic E-state index is 10.1. The van der Waals surface area contributed by atoms with Crippen LogP contribution in [0.15, 0.2) is 0 Å². The number of hydrogen-bond donors (Lipinski definition) is 2. The Morgan fingerprint density at radius 1 is 1.05 bits per heavy atom. The molecule has 4 aliphatic rings. The maximum atomic E-state index is 10.1. The van der Waals surface area contributed by atoms with Gasteiger partial charge in [-0.1, -0.05) is 0 Å². The Bertz CT molecular complexity index is 318. The summed E-state index contributed by atoms with van der Waals surface area (Å²) >= 11 is 0. The molecular weight excluding hydrogens is 274 g/mol. The smallest absolute Gasteiger partial charge is 0.126 e. The van der Waals surface area contributed by atoms with E-state index in [-0.39, 0.29) is 6.10 Å². The molecule has 0 aromatic rings. The van der Waals surface area contributed by atoms with Crippen molar-refractivity contribution in [3.63, 3.8) is 0 Å². The minimum absolute atomic E-state index is 0.300. The van der Waals surface area contributed by atoms with Crippen LogP contribution in [-0.2, 0) is 4.74 Å². The van der Waals surface area contributed by atoms with Crippen molar-refractivity contribution in [1.29, 1.82) is 0 Å². The van der Waals surface area contributed by atoms with Gasteiger partial charge in [0, 0.05) is 6.61 Å². The number of rotatable bonds is 9. The first-order valence-electron chi connectivity index (χ1n) is 9.72. The van der Waals surface area contributed by atoms with Crippen LogP contribution >= 0.6 is 0 Å². The van der Waals surface area contributed by atoms with Gasteiger partial charge in [-0.15, -0.1) is 0 Å². The molecule has 0 spiro atoms. The first-order chi connectivity index (χ1) is 10.6. The molecule has 128 valence electrons. The fourth-order valence-electron chi connectivity index (χ4n) is 6.04. The molecule has 0 unspecified atom stereocenters. The van der Waals surface area contributed by atoms with Crippen LogP contribution in [0.2, 0.25) is 0 Å². The average molecular weight is 311 g/mol. The molecule has 3 nitrogen and oxygen atoms in total. The molecule has 3 heteroatoms. The Hall–Kier alpha value is -0.120. The zero-order chi connectivity index (χ0) is 15.6. The summed E-state index contributed by atoms with van der Waals surface area (Å²) in [5.74, 6) is 3.09. The van der Waals surface area contributed by atoms with Gasteiger partial charge < -0.3 is 14.7 Å². The van der Waals surface area contributed by atoms with E-state index in [4.69, 9.17) is 4.74 Å². The van der Waals surface area contributed by atoms with Gasteiger partial charge in [0.2, 0.25) is 0 Å². The van der Waals surface area contributed by atoms with E-state index in [0.717, 1.165) is 44.0 Å². The SMILES string of the molecule is CC[NH+](CC)C[C@H](O)COCCC12CC3CC(CC(C3)C1)C2. The first-order valence-corrected chi connectivity index (χ1v) is 9.72. The Morgan fingerprint density at radius 2 is 1.59 bits per heavy atom. The molecule has 4 saturated carbocycles. The summed E-state index contributed by atoms with van der Waals surface area (Å²) in [6.45, 7) is 8.73. The van der Waals surface area contributed by atoms with Crippen molar-refractivity contribution in [2.75, 3.05) is 32.8 Å². The van der Waals surface area contributed by atoms with Crippen LogP contribution in [0.4, 0.5) is 0 Å². The molecule has 0 saturated heterocycles. The number of hydrogen-bond acceptors (Lipinski definition) is 2. The van der Waals surface area contributed by atoms with Gasteiger partial charge in [0.25, 0.3) is 0 Å². The van der Waals surface area contributed by atoms with Crippen LogP contribution in [0.25, 0.3) is 0 Å². The second kappa shape index (κ2) is 7.19. The third-order valence-corrected chi connectivity index (χ3v) is 6.78. The second-order valence-electron chi connectivity index (χ2n) is 8.56. The summed E-state index contributed by atoms with van der Waals surface area (Å²) in [6, 6.07) is 0. The molecule has 0 heterocycles. The van der Waals surface area contributed by atoms with E-state index in [9.17, 15) is 5.11 Å². The fraction of sp³-hybridized carbons (Fsp3) is 1.00. The number of aliphatic hydroxyl groups excluding tert-OH is 1. The highest BCUT2D eigenvalue weighted by Gasteiger charge is 2.50. The van der Waals surface area contributed by atoms with Crippen LogP contribution in [0.3, 0.4) is 0 Å². The van der Waals surface area contributed by atoms with E-state index in [1.165, 1.54) is 49.8 Å². The zero-order valence-corrected chi connectivity index (χ0v) is 14.7. The molecule has 0 aromatic carbocycles. The lowest BCUT2D eigenvalue weighted by Gasteiger charge is -2.57. The number of nitrogens with one attached hydrogen (secondary N) is 1. The third kappa shape index (κ3) is 3.85. The number of ether oxygens (including phenoxy) is 1. The van der Waals surface area contributed by atoms with Crippen molar-refractivity contribution in [2.24, 2.45) is 23.2 Å². The lowest BCUT2D eigenvalue weighted by molar-refractivity contribution is -0.899. The first kappa shape index (κ1) is 16.7. The third-order valence-electron chi connectivity index (χ3n) is 6.78. The Labute approximate surface area is 136 Å². The second-order valence-corrected chi connectivity index (χ2v) is 8.56. The molecule has 22 heavy (non-hydrogen) atoms. The van der Waals surface area contributed by atoms with E-state index in [1.807, 2.05) is 0 Å². The average Bonchev–Trinajstić information content (AvgIpc) is 2.48. The van der Waals surface area contributed by atoms with Crippen molar-refractivity contribution in [3.8, 4) is 0 Å². The predicted molar refractivity (Wildman–Crippen MR) is 89.0 cm³/mol. The summed E-state index contributed by atoms with van der Waals surface area (Å²) in [5, 5.41) is 10.1. The highest BCUT2D eigenvalue weighted by molar-refractivity contribution is 5.01. The summed E-state index contributed by atoms with van der Waals surface area (Å²) in [7, 11) is 0. The maximum Gasteiger partial charge on any atom is 0.126 e. The van der Waals surface area contributed by atoms with Crippen molar-refractivity contribution in [2.45, 2.75) is 64.9 Å². The van der Waals surface area contributed by atoms with Crippen LogP contribution in [0.5, 0.6) is 0 Å². The minimum atomic E-state index is -0.300. The molecular formula is C19H36NO2+. The lowest BCUT2D eigenvalue weighted by Crippen LogP contribution is -3.12. The zero-order valence-electron chi connectivity index (χ0n) is 14.7. The lowest BCUT2D eigenvalue weighted by atomic mass is 9.49. The summed E-state index contributed by atoms with van der Waals surface area (Å²) in [4.78, 5) is 1.46. The molecule has 0 aromatic heterocycles. The molecule has 4 aliphatic carbocycles. The van der Waals surface area contributed by atoms with Crippen molar-refractivity contribution >= 4 is 0 Å². The normalized spacial score (nSPS) is 37.9. The van der Waals surface area contributed by atoms with E-state index >= 15 is 0 Å². The number of quaternary nitrogens is 1. The van der Waals surface area contributed by atoms with Crippen LogP contribution < -0.4 is 4.90 Å². The largest absolute Gasteiger partial charge is 0.385 e. The molecule has 4 rings (SSSR count). The molecule has 4 fully saturated rings. The number of likely N-dealkylation sites (N-methyl/N-ethyl adjacent to an activating group) is 1. The standard InChI is InChI=1S/C19H35NO2/c1-3-20(4-2)13-18(21)14-22-6-5-19-10-15-7-16(11-19)9-17(8-15)12-19/h15-18,21H,3-14H2,1-2H3/p+1/t15?,16?,17?,18-,19?/m0/s1. The van der Waals surface area contributed by atoms with Gasteiger partial charge in [-0.2, -0.15) is 0 Å². The van der Waals surface area contributed by atoms with Crippen molar-refractivity contribution < 1.29 is 14.7 Å². The van der Waals surface area contributed by atoms with Gasteiger partial charge in [-0.3, -0.25) is 0 Å². The molecule has 1 atom stereocenters. The Balaban J connectivity index is 1.37. The Morgan fingerprint density at radius 3 is 2.09 bits per heavy atom. The number of aliphatic hydroxyl groups is 1. The van der Waals surface area contributed by atoms with Crippen molar-refractivity contribution in [3.05, 3.63) is 0 Å². The van der Waals surface area contributed by atoms with E-state index in [2.05, 4.69) is 13.8 Å². The summed E-state index contributed by atoms with van der Waals surface area (Å²) in [6.07, 6.45) is 9.90. The molecule has 0 radical (unpaired) electrons. The fourth-order valence-corrected chi connectivity index (χ4v) is 6.04. The molecule has 4 bridgehead atoms. The highest BCUT2D eigenvalue weighted by atomic mass is 16.5. The van der Waals surface area contributed by atoms with Crippen molar-refractivity contribution in [1.82, 2.24) is 0 Å². The molecule has 0 aliphatic heterocycles. The van der Waals surface area contributed by atoms with Crippen LogP contribution in [0.1, 0.15) is 58.8 Å². The topological polar surface area (TPSA) is 33.9 Å². The highest BCUT2D eigenvalue weighted by Crippen LogP contribution is 2.61. The Kier molecular flexibility index (Phi) is 5.47. The summed E-state index contributed by atoms with van der Waals surface area (Å²) in [5.41, 5.74) is 0.615. The van der Waals surface area contributed by atoms with Gasteiger partial charge >= 0.3 is 0 Å². The van der Waals surface area contributed by atoms with Gasteiger partial charge in [-0.05, 0) is 82.0 Å². The molecule has 2 N–H and O–H groups in total. The minimum Gasteiger partial charge on any atom is -0.385 e. The van der Waals surface area contributed by atoms with E-state index in [0.29, 0.717) is 12.0 Å². The van der Waals surface area contributed by atoms with Gasteiger partial charge in [0.1, 0.15) is 12.6 Å². The molecule has 0 amide bonds. The summed E-state index contributed by atoms with van der Waals surface area (Å²) < 4.78 is 5.86. The van der Waals surface area contributed by atoms with Gasteiger partial charge in [0.15, 0.2) is 0 Å². The van der Waals surface area contributed by atoms with Gasteiger partial charge in [0.05, 0.1) is 19.7 Å². The van der Waals surface area contributed by atoms with E-state index in [1.54, 1.807) is 0 Å². The predicted octanol–water partition coefficient (Wildman–Crippen LogP) is 1.90. The van der Waals surface area contributed by atoms with Gasteiger partial charge in [-0.25, -0.2) is 0 Å². The van der Waals surface area contributed by atoms with Crippen LogP contribution in [0, 0.1) is 23.2 Å². The van der Waals surface area contributed by atoms with E-state index < -0.39 is 0 Å². The van der Waals surface area contributed by atoms with Crippen LogP contribution in [-0.4, -0.2) is 44.1 Å². The quantitative estimate of drug-likeness (QED) is 0.638.